The largest absolute Gasteiger partial charge is 0.298 e. The lowest BCUT2D eigenvalue weighted by atomic mass is 9.76. The highest BCUT2D eigenvalue weighted by Gasteiger charge is 2.39. The van der Waals surface area contributed by atoms with Crippen LogP contribution in [0.3, 0.4) is 0 Å². The smallest absolute Gasteiger partial charge is 0.0729 e. The average molecular weight is 231 g/mol. The van der Waals surface area contributed by atoms with Gasteiger partial charge in [-0.25, -0.2) is 0 Å². The summed E-state index contributed by atoms with van der Waals surface area (Å²) in [6.07, 6.45) is 3.90. The lowest BCUT2D eigenvalue weighted by molar-refractivity contribution is -0.129. The molecule has 1 aliphatic carbocycles. The number of nitrogens with zero attached hydrogens (tertiary/aromatic N) is 1. The molecule has 0 bridgehead atoms. The van der Waals surface area contributed by atoms with Crippen LogP contribution in [0.25, 0.3) is 0 Å². The van der Waals surface area contributed by atoms with E-state index in [9.17, 15) is 0 Å². The van der Waals surface area contributed by atoms with Crippen molar-refractivity contribution in [1.82, 2.24) is 5.06 Å². The first-order valence-electron chi connectivity index (χ1n) is 6.83. The van der Waals surface area contributed by atoms with Gasteiger partial charge in [0.15, 0.2) is 0 Å². The summed E-state index contributed by atoms with van der Waals surface area (Å²) in [7, 11) is 0. The van der Waals surface area contributed by atoms with Gasteiger partial charge in [-0.3, -0.25) is 4.84 Å². The molecule has 2 aliphatic rings. The zero-order valence-corrected chi connectivity index (χ0v) is 10.5. The van der Waals surface area contributed by atoms with E-state index in [1.54, 1.807) is 0 Å². The molecule has 1 aliphatic heterocycles. The predicted octanol–water partition coefficient (Wildman–Crippen LogP) is 3.21. The van der Waals surface area contributed by atoms with Gasteiger partial charge in [-0.2, -0.15) is 5.06 Å². The van der Waals surface area contributed by atoms with Crippen LogP contribution in [0, 0.1) is 5.92 Å². The fraction of sp³-hybridized carbons (Fsp3) is 0.600. The van der Waals surface area contributed by atoms with Gasteiger partial charge in [-0.05, 0) is 30.7 Å². The summed E-state index contributed by atoms with van der Waals surface area (Å²) in [5.74, 6) is 1.49. The topological polar surface area (TPSA) is 12.5 Å². The Bertz CT molecular complexity index is 364. The highest BCUT2D eigenvalue weighted by atomic mass is 16.7. The van der Waals surface area contributed by atoms with Crippen molar-refractivity contribution in [3.8, 4) is 0 Å². The molecule has 1 aromatic carbocycles. The van der Waals surface area contributed by atoms with Gasteiger partial charge >= 0.3 is 0 Å². The number of fused-ring (bicyclic) bond motifs is 1. The molecular weight excluding hydrogens is 210 g/mol. The lowest BCUT2D eigenvalue weighted by Gasteiger charge is -2.33. The van der Waals surface area contributed by atoms with E-state index < -0.39 is 0 Å². The fourth-order valence-corrected chi connectivity index (χ4v) is 3.45. The molecule has 0 amide bonds. The van der Waals surface area contributed by atoms with Gasteiger partial charge in [0.25, 0.3) is 0 Å². The second-order valence-electron chi connectivity index (χ2n) is 5.28. The van der Waals surface area contributed by atoms with Crippen LogP contribution in [0.5, 0.6) is 0 Å². The number of hydroxylamine groups is 2. The molecule has 92 valence electrons. The zero-order valence-electron chi connectivity index (χ0n) is 10.5. The maximum atomic E-state index is 5.77. The summed E-state index contributed by atoms with van der Waals surface area (Å²) in [5, 5.41) is 2.20. The molecule has 17 heavy (non-hydrogen) atoms. The van der Waals surface area contributed by atoms with Gasteiger partial charge in [0.05, 0.1) is 6.61 Å². The molecule has 2 nitrogen and oxygen atoms in total. The Hall–Kier alpha value is -0.860. The third-order valence-corrected chi connectivity index (χ3v) is 4.35. The average Bonchev–Trinajstić information content (AvgIpc) is 2.81. The van der Waals surface area contributed by atoms with Gasteiger partial charge in [-0.1, -0.05) is 37.3 Å². The normalized spacial score (nSPS) is 33.6. The first kappa shape index (κ1) is 11.2. The van der Waals surface area contributed by atoms with Gasteiger partial charge in [0.2, 0.25) is 0 Å². The Balaban J connectivity index is 1.70. The second kappa shape index (κ2) is 4.79. The Morgan fingerprint density at radius 2 is 2.06 bits per heavy atom. The molecule has 0 aromatic heterocycles. The molecule has 3 unspecified atom stereocenters. The molecule has 2 fully saturated rings. The minimum atomic E-state index is 0.681. The van der Waals surface area contributed by atoms with Crippen LogP contribution in [0.2, 0.25) is 0 Å². The molecule has 1 heterocycles. The van der Waals surface area contributed by atoms with E-state index in [-0.39, 0.29) is 0 Å². The molecule has 1 aromatic rings. The Labute approximate surface area is 104 Å². The van der Waals surface area contributed by atoms with Crippen LogP contribution in [-0.2, 0) is 4.84 Å². The van der Waals surface area contributed by atoms with Crippen LogP contribution >= 0.6 is 0 Å². The van der Waals surface area contributed by atoms with E-state index in [0.29, 0.717) is 6.04 Å². The number of hydrogen-bond acceptors (Lipinski definition) is 2. The van der Waals surface area contributed by atoms with E-state index in [2.05, 4.69) is 42.3 Å². The third-order valence-electron chi connectivity index (χ3n) is 4.35. The van der Waals surface area contributed by atoms with Crippen molar-refractivity contribution in [1.29, 1.82) is 0 Å². The molecule has 0 spiro atoms. The van der Waals surface area contributed by atoms with Crippen molar-refractivity contribution in [2.45, 2.75) is 38.1 Å². The number of rotatable bonds is 2. The van der Waals surface area contributed by atoms with Gasteiger partial charge in [0, 0.05) is 18.5 Å². The molecule has 0 N–H and O–H groups in total. The number of hydrogen-bond donors (Lipinski definition) is 0. The van der Waals surface area contributed by atoms with Crippen molar-refractivity contribution in [3.63, 3.8) is 0 Å². The van der Waals surface area contributed by atoms with Crippen LogP contribution in [-0.4, -0.2) is 24.3 Å². The molecule has 3 rings (SSSR count). The van der Waals surface area contributed by atoms with Gasteiger partial charge < -0.3 is 0 Å². The van der Waals surface area contributed by atoms with E-state index in [1.807, 2.05) is 0 Å². The quantitative estimate of drug-likeness (QED) is 0.775. The summed E-state index contributed by atoms with van der Waals surface area (Å²) in [5.41, 5.74) is 1.51. The predicted molar refractivity (Wildman–Crippen MR) is 68.6 cm³/mol. The monoisotopic (exact) mass is 231 g/mol. The van der Waals surface area contributed by atoms with Crippen LogP contribution in [0.15, 0.2) is 30.3 Å². The summed E-state index contributed by atoms with van der Waals surface area (Å²) in [4.78, 5) is 5.77. The van der Waals surface area contributed by atoms with E-state index >= 15 is 0 Å². The van der Waals surface area contributed by atoms with Crippen LogP contribution in [0.1, 0.15) is 37.7 Å². The molecule has 1 saturated carbocycles. The summed E-state index contributed by atoms with van der Waals surface area (Å²) < 4.78 is 0. The first-order chi connectivity index (χ1) is 8.38. The maximum Gasteiger partial charge on any atom is 0.0729 e. The third kappa shape index (κ3) is 2.12. The van der Waals surface area contributed by atoms with Crippen molar-refractivity contribution >= 4 is 0 Å². The summed E-state index contributed by atoms with van der Waals surface area (Å²) in [6.45, 7) is 4.14. The van der Waals surface area contributed by atoms with Crippen molar-refractivity contribution in [2.75, 3.05) is 13.2 Å². The highest BCUT2D eigenvalue weighted by Crippen LogP contribution is 2.41. The van der Waals surface area contributed by atoms with Crippen molar-refractivity contribution in [3.05, 3.63) is 35.9 Å². The van der Waals surface area contributed by atoms with Crippen LogP contribution < -0.4 is 0 Å². The second-order valence-corrected chi connectivity index (χ2v) is 5.28. The molecule has 2 heteroatoms. The molecule has 0 radical (unpaired) electrons. The minimum absolute atomic E-state index is 0.681. The van der Waals surface area contributed by atoms with E-state index in [0.717, 1.165) is 25.0 Å². The van der Waals surface area contributed by atoms with E-state index in [1.165, 1.54) is 24.8 Å². The molecule has 3 atom stereocenters. The van der Waals surface area contributed by atoms with Gasteiger partial charge in [-0.15, -0.1) is 0 Å². The van der Waals surface area contributed by atoms with E-state index in [4.69, 9.17) is 4.84 Å². The summed E-state index contributed by atoms with van der Waals surface area (Å²) in [6, 6.07) is 11.7. The molecule has 1 saturated heterocycles. The Morgan fingerprint density at radius 1 is 1.24 bits per heavy atom. The van der Waals surface area contributed by atoms with Crippen molar-refractivity contribution in [2.24, 2.45) is 5.92 Å². The Morgan fingerprint density at radius 3 is 2.82 bits per heavy atom. The standard InChI is InChI=1S/C15H21NO/c1-2-16-15-9-8-13(10-14(15)11-17-16)12-6-4-3-5-7-12/h3-7,13-15H,2,8-11H2,1H3. The lowest BCUT2D eigenvalue weighted by Crippen LogP contribution is -2.35. The first-order valence-corrected chi connectivity index (χ1v) is 6.83. The molecular formula is C15H21NO. The fourth-order valence-electron chi connectivity index (χ4n) is 3.45. The van der Waals surface area contributed by atoms with Crippen LogP contribution in [0.4, 0.5) is 0 Å². The van der Waals surface area contributed by atoms with Crippen molar-refractivity contribution < 1.29 is 4.84 Å². The highest BCUT2D eigenvalue weighted by molar-refractivity contribution is 5.20. The Kier molecular flexibility index (Phi) is 3.17. The number of benzene rings is 1. The zero-order chi connectivity index (χ0) is 11.7. The SMILES string of the molecule is CCN1OCC2CC(c3ccccc3)CCC21. The van der Waals surface area contributed by atoms with Gasteiger partial charge in [0.1, 0.15) is 0 Å². The summed E-state index contributed by atoms with van der Waals surface area (Å²) >= 11 is 0. The maximum absolute atomic E-state index is 5.77. The minimum Gasteiger partial charge on any atom is -0.298 e.